The lowest BCUT2D eigenvalue weighted by atomic mass is 9.96. The van der Waals surface area contributed by atoms with Gasteiger partial charge < -0.3 is 13.9 Å². The molecule has 0 saturated carbocycles. The van der Waals surface area contributed by atoms with E-state index in [0.29, 0.717) is 0 Å². The maximum absolute atomic E-state index is 6.71. The van der Waals surface area contributed by atoms with E-state index in [1.807, 2.05) is 6.07 Å². The van der Waals surface area contributed by atoms with Crippen molar-refractivity contribution in [2.75, 3.05) is 4.90 Å². The van der Waals surface area contributed by atoms with Crippen LogP contribution in [-0.4, -0.2) is 4.57 Å². The Morgan fingerprint density at radius 3 is 1.82 bits per heavy atom. The maximum atomic E-state index is 6.71. The molecule has 49 heavy (non-hydrogen) atoms. The molecule has 0 unspecified atom stereocenters. The summed E-state index contributed by atoms with van der Waals surface area (Å²) < 4.78 is 9.13. The molecule has 0 saturated heterocycles. The highest BCUT2D eigenvalue weighted by atomic mass is 16.3. The van der Waals surface area contributed by atoms with Crippen molar-refractivity contribution in [2.45, 2.75) is 0 Å². The van der Waals surface area contributed by atoms with Crippen LogP contribution >= 0.6 is 0 Å². The molecule has 0 fully saturated rings. The molecule has 0 aliphatic rings. The fraction of sp³-hybridized carbons (Fsp3) is 0. The second-order valence-corrected chi connectivity index (χ2v) is 12.6. The molecule has 10 aromatic rings. The number of anilines is 3. The van der Waals surface area contributed by atoms with Crippen LogP contribution in [0.3, 0.4) is 0 Å². The molecule has 0 N–H and O–H groups in total. The van der Waals surface area contributed by atoms with Crippen molar-refractivity contribution < 1.29 is 4.42 Å². The third kappa shape index (κ3) is 4.37. The van der Waals surface area contributed by atoms with Crippen LogP contribution in [0.25, 0.3) is 71.3 Å². The number of para-hydroxylation sites is 4. The lowest BCUT2D eigenvalue weighted by molar-refractivity contribution is 0.673. The average Bonchev–Trinajstić information content (AvgIpc) is 3.72. The Morgan fingerprint density at radius 1 is 0.449 bits per heavy atom. The highest BCUT2D eigenvalue weighted by Gasteiger charge is 2.23. The summed E-state index contributed by atoms with van der Waals surface area (Å²) in [5, 5.41) is 7.01. The predicted octanol–water partition coefficient (Wildman–Crippen LogP) is 13.0. The molecule has 8 aromatic carbocycles. The summed E-state index contributed by atoms with van der Waals surface area (Å²) >= 11 is 0. The second kappa shape index (κ2) is 11.0. The highest BCUT2D eigenvalue weighted by Crippen LogP contribution is 2.46. The molecule has 0 spiro atoms. The Hall–Kier alpha value is -6.58. The number of benzene rings is 8. The highest BCUT2D eigenvalue weighted by molar-refractivity contribution is 6.27. The Morgan fingerprint density at radius 2 is 1.06 bits per heavy atom. The molecule has 0 aliphatic heterocycles. The molecule has 0 aliphatic carbocycles. The smallest absolute Gasteiger partial charge is 0.145 e. The number of aromatic nitrogens is 1. The maximum Gasteiger partial charge on any atom is 0.145 e. The van der Waals surface area contributed by atoms with E-state index in [2.05, 4.69) is 185 Å². The Balaban J connectivity index is 1.26. The number of rotatable bonds is 5. The van der Waals surface area contributed by atoms with Crippen LogP contribution in [0.15, 0.2) is 186 Å². The van der Waals surface area contributed by atoms with Gasteiger partial charge in [0.2, 0.25) is 0 Å². The van der Waals surface area contributed by atoms with Crippen LogP contribution in [0.2, 0.25) is 0 Å². The van der Waals surface area contributed by atoms with Crippen LogP contribution < -0.4 is 4.90 Å². The van der Waals surface area contributed by atoms with Gasteiger partial charge in [-0.1, -0.05) is 109 Å². The number of fused-ring (bicyclic) bond motifs is 8. The minimum Gasteiger partial charge on any atom is -0.455 e. The summed E-state index contributed by atoms with van der Waals surface area (Å²) in [5.74, 6) is 0. The Labute approximate surface area is 283 Å². The zero-order chi connectivity index (χ0) is 32.3. The Bertz CT molecular complexity index is 2770. The minimum absolute atomic E-state index is 0.901. The molecule has 3 nitrogen and oxygen atoms in total. The van der Waals surface area contributed by atoms with E-state index in [9.17, 15) is 0 Å². The largest absolute Gasteiger partial charge is 0.455 e. The average molecular weight is 627 g/mol. The van der Waals surface area contributed by atoms with E-state index in [4.69, 9.17) is 4.42 Å². The van der Waals surface area contributed by atoms with E-state index < -0.39 is 0 Å². The third-order valence-electron chi connectivity index (χ3n) is 9.73. The van der Waals surface area contributed by atoms with Crippen molar-refractivity contribution in [2.24, 2.45) is 0 Å². The van der Waals surface area contributed by atoms with Crippen LogP contribution in [0.4, 0.5) is 17.1 Å². The van der Waals surface area contributed by atoms with Gasteiger partial charge in [0.15, 0.2) is 0 Å². The molecule has 0 radical (unpaired) electrons. The van der Waals surface area contributed by atoms with E-state index in [0.717, 1.165) is 61.1 Å². The van der Waals surface area contributed by atoms with Crippen molar-refractivity contribution in [3.63, 3.8) is 0 Å². The first-order valence-corrected chi connectivity index (χ1v) is 16.7. The topological polar surface area (TPSA) is 21.3 Å². The van der Waals surface area contributed by atoms with E-state index in [-0.39, 0.29) is 0 Å². The van der Waals surface area contributed by atoms with Gasteiger partial charge in [0.25, 0.3) is 0 Å². The van der Waals surface area contributed by atoms with Crippen molar-refractivity contribution >= 4 is 71.6 Å². The van der Waals surface area contributed by atoms with Crippen molar-refractivity contribution in [1.29, 1.82) is 0 Å². The molecule has 230 valence electrons. The molecule has 2 heterocycles. The summed E-state index contributed by atoms with van der Waals surface area (Å²) in [5.41, 5.74) is 10.9. The first kappa shape index (κ1) is 27.5. The van der Waals surface area contributed by atoms with Gasteiger partial charge in [-0.2, -0.15) is 0 Å². The normalized spacial score (nSPS) is 11.7. The fourth-order valence-corrected chi connectivity index (χ4v) is 7.53. The summed E-state index contributed by atoms with van der Waals surface area (Å²) in [6.45, 7) is 0. The molecule has 3 heteroatoms. The summed E-state index contributed by atoms with van der Waals surface area (Å²) in [7, 11) is 0. The van der Waals surface area contributed by atoms with E-state index in [1.165, 1.54) is 27.3 Å². The standard InChI is InChI=1S/C46H30N2O/c1-3-15-34(16-4-1)47(35-17-5-2-6-18-35)36-25-27-37(28-26-36)48-42-21-11-9-20-39(42)44-45(48)40(33-24-23-31-13-7-8-14-32(31)29-33)30-41-38-19-10-12-22-43(38)49-46(41)44/h1-30H. The quantitative estimate of drug-likeness (QED) is 0.190. The molecular weight excluding hydrogens is 597 g/mol. The first-order chi connectivity index (χ1) is 24.3. The van der Waals surface area contributed by atoms with Gasteiger partial charge in [-0.05, 0) is 89.1 Å². The molecule has 2 aromatic heterocycles. The number of hydrogen-bond acceptors (Lipinski definition) is 2. The zero-order valence-corrected chi connectivity index (χ0v) is 26.6. The van der Waals surface area contributed by atoms with E-state index >= 15 is 0 Å². The van der Waals surface area contributed by atoms with Gasteiger partial charge in [0.1, 0.15) is 11.2 Å². The first-order valence-electron chi connectivity index (χ1n) is 16.7. The van der Waals surface area contributed by atoms with Gasteiger partial charge in [0.05, 0.1) is 16.4 Å². The van der Waals surface area contributed by atoms with Gasteiger partial charge in [-0.3, -0.25) is 0 Å². The number of hydrogen-bond donors (Lipinski definition) is 0. The van der Waals surface area contributed by atoms with Crippen molar-refractivity contribution in [3.8, 4) is 16.8 Å². The number of nitrogens with zero attached hydrogens (tertiary/aromatic N) is 2. The van der Waals surface area contributed by atoms with Crippen LogP contribution in [-0.2, 0) is 0 Å². The van der Waals surface area contributed by atoms with Crippen molar-refractivity contribution in [3.05, 3.63) is 182 Å². The van der Waals surface area contributed by atoms with Gasteiger partial charge in [-0.15, -0.1) is 0 Å². The summed E-state index contributed by atoms with van der Waals surface area (Å²) in [6, 6.07) is 64.9. The molecular formula is C46H30N2O. The molecule has 0 amide bonds. The monoisotopic (exact) mass is 626 g/mol. The molecule has 0 atom stereocenters. The number of furan rings is 1. The van der Waals surface area contributed by atoms with Gasteiger partial charge in [0, 0.05) is 44.5 Å². The van der Waals surface area contributed by atoms with Crippen LogP contribution in [0, 0.1) is 0 Å². The summed E-state index contributed by atoms with van der Waals surface area (Å²) in [6.07, 6.45) is 0. The van der Waals surface area contributed by atoms with Crippen molar-refractivity contribution in [1.82, 2.24) is 4.57 Å². The van der Waals surface area contributed by atoms with E-state index in [1.54, 1.807) is 0 Å². The zero-order valence-electron chi connectivity index (χ0n) is 26.6. The lowest BCUT2D eigenvalue weighted by Crippen LogP contribution is -2.09. The molecule has 10 rings (SSSR count). The predicted molar refractivity (Wildman–Crippen MR) is 206 cm³/mol. The second-order valence-electron chi connectivity index (χ2n) is 12.6. The van der Waals surface area contributed by atoms with Gasteiger partial charge in [-0.25, -0.2) is 0 Å². The third-order valence-corrected chi connectivity index (χ3v) is 9.73. The SMILES string of the molecule is c1ccc(N(c2ccccc2)c2ccc(-n3c4ccccc4c4c5oc6ccccc6c5cc(-c5ccc6ccccc6c5)c43)cc2)cc1. The summed E-state index contributed by atoms with van der Waals surface area (Å²) in [4.78, 5) is 2.30. The van der Waals surface area contributed by atoms with Crippen LogP contribution in [0.5, 0.6) is 0 Å². The molecule has 0 bridgehead atoms. The Kier molecular flexibility index (Phi) is 6.18. The van der Waals surface area contributed by atoms with Gasteiger partial charge >= 0.3 is 0 Å². The fourth-order valence-electron chi connectivity index (χ4n) is 7.53. The minimum atomic E-state index is 0.901. The lowest BCUT2D eigenvalue weighted by Gasteiger charge is -2.25. The van der Waals surface area contributed by atoms with Crippen LogP contribution in [0.1, 0.15) is 0 Å².